The van der Waals surface area contributed by atoms with Gasteiger partial charge in [0.25, 0.3) is 0 Å². The molecular weight excluding hydrogens is 575 g/mol. The summed E-state index contributed by atoms with van der Waals surface area (Å²) in [4.78, 5) is 44.3. The number of anilines is 1. The maximum atomic E-state index is 15.3. The van der Waals surface area contributed by atoms with Crippen LogP contribution >= 0.6 is 11.6 Å². The number of carbonyl (C=O) groups is 1. The van der Waals surface area contributed by atoms with Gasteiger partial charge in [-0.1, -0.05) is 38.1 Å². The SMILES string of the molecule is C=CC(=O)N1C[C@@H]2COc3c(Cl)c(-c4c(O)cccc4F)nc4c3c(nc(=O)n4-c3c(C)ccnc3C(C)C)N2[C@H](C)C1. The number of nitrogens with zero attached hydrogens (tertiary/aromatic N) is 6. The molecular formula is C31H30ClFN6O4. The van der Waals surface area contributed by atoms with Gasteiger partial charge in [-0.25, -0.2) is 18.7 Å². The van der Waals surface area contributed by atoms with Gasteiger partial charge in [-0.3, -0.25) is 9.78 Å². The first kappa shape index (κ1) is 28.6. The molecule has 43 heavy (non-hydrogen) atoms. The number of phenolic OH excluding ortho intramolecular Hbond substituents is 1. The summed E-state index contributed by atoms with van der Waals surface area (Å²) in [7, 11) is 0. The van der Waals surface area contributed by atoms with E-state index in [-0.39, 0.29) is 57.9 Å². The zero-order chi connectivity index (χ0) is 30.7. The monoisotopic (exact) mass is 604 g/mol. The molecule has 0 aliphatic carbocycles. The van der Waals surface area contributed by atoms with E-state index in [1.165, 1.54) is 28.8 Å². The number of pyridine rings is 2. The van der Waals surface area contributed by atoms with Crippen molar-refractivity contribution in [3.8, 4) is 28.4 Å². The van der Waals surface area contributed by atoms with Gasteiger partial charge in [0.1, 0.15) is 40.1 Å². The van der Waals surface area contributed by atoms with Gasteiger partial charge in [-0.05, 0) is 49.6 Å². The highest BCUT2D eigenvalue weighted by molar-refractivity contribution is 6.36. The summed E-state index contributed by atoms with van der Waals surface area (Å²) in [5.74, 6) is -0.947. The number of hydrogen-bond donors (Lipinski definition) is 1. The molecule has 1 N–H and O–H groups in total. The van der Waals surface area contributed by atoms with Crippen LogP contribution < -0.4 is 15.3 Å². The summed E-state index contributed by atoms with van der Waals surface area (Å²) < 4.78 is 23.0. The lowest BCUT2D eigenvalue weighted by Crippen LogP contribution is -2.61. The van der Waals surface area contributed by atoms with Crippen molar-refractivity contribution < 1.29 is 19.0 Å². The molecule has 0 unspecified atom stereocenters. The van der Waals surface area contributed by atoms with Crippen molar-refractivity contribution in [2.45, 2.75) is 45.7 Å². The third kappa shape index (κ3) is 4.50. The van der Waals surface area contributed by atoms with E-state index < -0.39 is 17.5 Å². The molecule has 12 heteroatoms. The summed E-state index contributed by atoms with van der Waals surface area (Å²) in [6.45, 7) is 12.1. The number of halogens is 2. The number of aryl methyl sites for hydroxylation is 1. The van der Waals surface area contributed by atoms with Crippen LogP contribution in [0.5, 0.6) is 11.5 Å². The Balaban J connectivity index is 1.73. The fourth-order valence-electron chi connectivity index (χ4n) is 6.09. The van der Waals surface area contributed by atoms with Crippen LogP contribution in [0.1, 0.15) is 37.9 Å². The minimum Gasteiger partial charge on any atom is -0.507 e. The van der Waals surface area contributed by atoms with Crippen LogP contribution in [0.4, 0.5) is 10.2 Å². The van der Waals surface area contributed by atoms with Crippen molar-refractivity contribution in [2.75, 3.05) is 24.6 Å². The van der Waals surface area contributed by atoms with Crippen LogP contribution in [-0.4, -0.2) is 67.2 Å². The van der Waals surface area contributed by atoms with Crippen molar-refractivity contribution >= 4 is 34.4 Å². The van der Waals surface area contributed by atoms with E-state index in [2.05, 4.69) is 16.5 Å². The fourth-order valence-corrected chi connectivity index (χ4v) is 6.37. The number of carbonyl (C=O) groups excluding carboxylic acids is 1. The lowest BCUT2D eigenvalue weighted by molar-refractivity contribution is -0.127. The number of piperazine rings is 1. The van der Waals surface area contributed by atoms with E-state index in [4.69, 9.17) is 21.3 Å². The van der Waals surface area contributed by atoms with Crippen molar-refractivity contribution in [3.63, 3.8) is 0 Å². The number of phenols is 1. The smallest absolute Gasteiger partial charge is 0.355 e. The first-order valence-corrected chi connectivity index (χ1v) is 14.3. The molecule has 0 saturated carbocycles. The lowest BCUT2D eigenvalue weighted by Gasteiger charge is -2.45. The number of amides is 1. The van der Waals surface area contributed by atoms with Crippen LogP contribution in [-0.2, 0) is 4.79 Å². The van der Waals surface area contributed by atoms with Crippen molar-refractivity contribution in [1.29, 1.82) is 0 Å². The quantitative estimate of drug-likeness (QED) is 0.332. The molecule has 1 aromatic carbocycles. The lowest BCUT2D eigenvalue weighted by atomic mass is 10.0. The second-order valence-corrected chi connectivity index (χ2v) is 11.6. The largest absolute Gasteiger partial charge is 0.507 e. The first-order valence-electron chi connectivity index (χ1n) is 14.0. The number of fused-ring (bicyclic) bond motifs is 2. The van der Waals surface area contributed by atoms with Crippen LogP contribution in [0.2, 0.25) is 5.02 Å². The summed E-state index contributed by atoms with van der Waals surface area (Å²) in [6.07, 6.45) is 2.94. The molecule has 222 valence electrons. The third-order valence-electron chi connectivity index (χ3n) is 7.99. The van der Waals surface area contributed by atoms with Crippen LogP contribution in [0, 0.1) is 12.7 Å². The third-order valence-corrected chi connectivity index (χ3v) is 8.34. The fraction of sp³-hybridized carbons (Fsp3) is 0.323. The van der Waals surface area contributed by atoms with Gasteiger partial charge in [0, 0.05) is 25.3 Å². The zero-order valence-electron chi connectivity index (χ0n) is 24.1. The van der Waals surface area contributed by atoms with Gasteiger partial charge in [-0.2, -0.15) is 4.98 Å². The Morgan fingerprint density at radius 3 is 2.72 bits per heavy atom. The number of hydrogen-bond acceptors (Lipinski definition) is 8. The average Bonchev–Trinajstić information content (AvgIpc) is 3.13. The highest BCUT2D eigenvalue weighted by Crippen LogP contribution is 2.47. The number of benzene rings is 1. The van der Waals surface area contributed by atoms with Crippen LogP contribution in [0.3, 0.4) is 0 Å². The Bertz CT molecular complexity index is 1860. The summed E-state index contributed by atoms with van der Waals surface area (Å²) in [5, 5.41) is 11.0. The predicted octanol–water partition coefficient (Wildman–Crippen LogP) is 4.76. The minimum absolute atomic E-state index is 0.0420. The standard InChI is InChI=1S/C31H30ClFN6O4/c1-6-21(41)37-12-17(5)38-18(13-37)14-43-28-23-29(35-26(24(28)32)22-19(33)8-7-9-20(22)40)39(31(42)36-30(23)38)27-16(4)10-11-34-25(27)15(2)3/h6-11,15,17-18,40H,1,12-14H2,2-5H3/t17-,18-/m1/s1. The van der Waals surface area contributed by atoms with Crippen LogP contribution in [0.15, 0.2) is 47.9 Å². The molecule has 0 bridgehead atoms. The first-order chi connectivity index (χ1) is 20.5. The van der Waals surface area contributed by atoms with Gasteiger partial charge in [0.05, 0.1) is 23.0 Å². The number of rotatable bonds is 4. The minimum atomic E-state index is -0.747. The van der Waals surface area contributed by atoms with E-state index in [9.17, 15) is 14.7 Å². The molecule has 1 fully saturated rings. The molecule has 10 nitrogen and oxygen atoms in total. The Labute approximate surface area is 252 Å². The van der Waals surface area contributed by atoms with E-state index in [1.807, 2.05) is 32.6 Å². The predicted molar refractivity (Wildman–Crippen MR) is 162 cm³/mol. The number of aromatic hydroxyl groups is 1. The van der Waals surface area contributed by atoms with E-state index in [1.54, 1.807) is 17.2 Å². The Morgan fingerprint density at radius 2 is 2.02 bits per heavy atom. The van der Waals surface area contributed by atoms with Gasteiger partial charge < -0.3 is 19.6 Å². The molecule has 2 aliphatic heterocycles. The van der Waals surface area contributed by atoms with E-state index >= 15 is 4.39 Å². The van der Waals surface area contributed by atoms with Gasteiger partial charge in [0.2, 0.25) is 5.91 Å². The number of ether oxygens (including phenoxy) is 1. The zero-order valence-corrected chi connectivity index (χ0v) is 24.9. The molecule has 1 saturated heterocycles. The molecule has 6 rings (SSSR count). The molecule has 0 radical (unpaired) electrons. The second kappa shape index (κ2) is 10.6. The van der Waals surface area contributed by atoms with Gasteiger partial charge >= 0.3 is 5.69 Å². The van der Waals surface area contributed by atoms with Crippen molar-refractivity contribution in [2.24, 2.45) is 0 Å². The van der Waals surface area contributed by atoms with Gasteiger partial charge in [-0.15, -0.1) is 0 Å². The van der Waals surface area contributed by atoms with Gasteiger partial charge in [0.15, 0.2) is 11.4 Å². The molecule has 3 aromatic heterocycles. The topological polar surface area (TPSA) is 114 Å². The summed E-state index contributed by atoms with van der Waals surface area (Å²) in [5.41, 5.74) is 1.09. The molecule has 1 amide bonds. The maximum Gasteiger partial charge on any atom is 0.355 e. The molecule has 4 aromatic rings. The molecule has 5 heterocycles. The highest BCUT2D eigenvalue weighted by Gasteiger charge is 2.40. The molecule has 2 atom stereocenters. The Hall–Kier alpha value is -4.51. The van der Waals surface area contributed by atoms with E-state index in [0.29, 0.717) is 35.7 Å². The average molecular weight is 605 g/mol. The maximum absolute atomic E-state index is 15.3. The molecule has 2 aliphatic rings. The van der Waals surface area contributed by atoms with Crippen molar-refractivity contribution in [3.05, 3.63) is 75.7 Å². The number of aromatic nitrogens is 4. The molecule has 0 spiro atoms. The normalized spacial score (nSPS) is 17.9. The Morgan fingerprint density at radius 1 is 1.26 bits per heavy atom. The highest BCUT2D eigenvalue weighted by atomic mass is 35.5. The van der Waals surface area contributed by atoms with Crippen LogP contribution in [0.25, 0.3) is 28.0 Å². The second-order valence-electron chi connectivity index (χ2n) is 11.2. The summed E-state index contributed by atoms with van der Waals surface area (Å²) >= 11 is 6.94. The van der Waals surface area contributed by atoms with E-state index in [0.717, 1.165) is 5.56 Å². The summed E-state index contributed by atoms with van der Waals surface area (Å²) in [6, 6.07) is 5.03. The van der Waals surface area contributed by atoms with Crippen molar-refractivity contribution in [1.82, 2.24) is 24.4 Å². The Kier molecular flexibility index (Phi) is 7.08.